The van der Waals surface area contributed by atoms with Gasteiger partial charge in [0.15, 0.2) is 0 Å². The number of nitrogens with zero attached hydrogens (tertiary/aromatic N) is 2. The van der Waals surface area contributed by atoms with Crippen molar-refractivity contribution in [2.24, 2.45) is 0 Å². The Hall–Kier alpha value is -1.92. The SMILES string of the molecule is CC(C)N(Cc1ccc([N+](=O)[O-])c(N)c1)Cc1cccs1. The molecule has 0 saturated heterocycles. The highest BCUT2D eigenvalue weighted by Gasteiger charge is 2.15. The molecule has 2 N–H and O–H groups in total. The summed E-state index contributed by atoms with van der Waals surface area (Å²) in [6, 6.07) is 9.49. The Morgan fingerprint density at radius 3 is 2.62 bits per heavy atom. The molecule has 21 heavy (non-hydrogen) atoms. The highest BCUT2D eigenvalue weighted by molar-refractivity contribution is 7.09. The van der Waals surface area contributed by atoms with Crippen molar-refractivity contribution in [1.29, 1.82) is 0 Å². The standard InChI is InChI=1S/C15H19N3O2S/c1-11(2)17(10-13-4-3-7-21-13)9-12-5-6-15(18(19)20)14(16)8-12/h3-8,11H,9-10,16H2,1-2H3. The van der Waals surface area contributed by atoms with Crippen LogP contribution in [0, 0.1) is 10.1 Å². The maximum absolute atomic E-state index is 10.8. The topological polar surface area (TPSA) is 72.4 Å². The third-order valence-corrected chi connectivity index (χ3v) is 4.20. The van der Waals surface area contributed by atoms with Crippen molar-refractivity contribution in [1.82, 2.24) is 4.90 Å². The molecular weight excluding hydrogens is 286 g/mol. The van der Waals surface area contributed by atoms with Crippen molar-refractivity contribution in [3.05, 3.63) is 56.3 Å². The Kier molecular flexibility index (Phi) is 4.93. The molecule has 0 unspecified atom stereocenters. The molecule has 0 radical (unpaired) electrons. The molecule has 112 valence electrons. The predicted octanol–water partition coefficient (Wildman–Crippen LogP) is 3.65. The van der Waals surface area contributed by atoms with Crippen LogP contribution in [-0.2, 0) is 13.1 Å². The molecule has 5 nitrogen and oxygen atoms in total. The number of hydrogen-bond donors (Lipinski definition) is 1. The molecule has 0 fully saturated rings. The van der Waals surface area contributed by atoms with Gasteiger partial charge in [-0.25, -0.2) is 0 Å². The Labute approximate surface area is 128 Å². The number of rotatable bonds is 6. The molecule has 2 rings (SSSR count). The summed E-state index contributed by atoms with van der Waals surface area (Å²) in [6.07, 6.45) is 0. The number of thiophene rings is 1. The fourth-order valence-electron chi connectivity index (χ4n) is 2.13. The molecule has 0 aliphatic rings. The Balaban J connectivity index is 2.13. The van der Waals surface area contributed by atoms with E-state index in [-0.39, 0.29) is 11.4 Å². The lowest BCUT2D eigenvalue weighted by molar-refractivity contribution is -0.383. The number of anilines is 1. The molecule has 2 aromatic rings. The van der Waals surface area contributed by atoms with Gasteiger partial charge >= 0.3 is 0 Å². The summed E-state index contributed by atoms with van der Waals surface area (Å²) in [4.78, 5) is 14.0. The lowest BCUT2D eigenvalue weighted by Gasteiger charge is -2.26. The van der Waals surface area contributed by atoms with E-state index in [0.29, 0.717) is 6.04 Å². The van der Waals surface area contributed by atoms with Gasteiger partial charge < -0.3 is 5.73 Å². The van der Waals surface area contributed by atoms with Crippen LogP contribution in [0.5, 0.6) is 0 Å². The molecule has 1 aromatic carbocycles. The smallest absolute Gasteiger partial charge is 0.292 e. The summed E-state index contributed by atoms with van der Waals surface area (Å²) < 4.78 is 0. The van der Waals surface area contributed by atoms with E-state index in [4.69, 9.17) is 5.73 Å². The average molecular weight is 305 g/mol. The monoisotopic (exact) mass is 305 g/mol. The van der Waals surface area contributed by atoms with E-state index >= 15 is 0 Å². The van der Waals surface area contributed by atoms with Gasteiger partial charge in [0.25, 0.3) is 5.69 Å². The molecule has 0 saturated carbocycles. The molecule has 0 bridgehead atoms. The van der Waals surface area contributed by atoms with Crippen molar-refractivity contribution >= 4 is 22.7 Å². The van der Waals surface area contributed by atoms with Gasteiger partial charge in [-0.1, -0.05) is 12.1 Å². The van der Waals surface area contributed by atoms with E-state index in [0.717, 1.165) is 18.7 Å². The van der Waals surface area contributed by atoms with Crippen LogP contribution in [0.3, 0.4) is 0 Å². The van der Waals surface area contributed by atoms with Crippen molar-refractivity contribution in [2.75, 3.05) is 5.73 Å². The van der Waals surface area contributed by atoms with E-state index in [1.807, 2.05) is 6.07 Å². The fraction of sp³-hybridized carbons (Fsp3) is 0.333. The maximum Gasteiger partial charge on any atom is 0.292 e. The first-order valence-electron chi connectivity index (χ1n) is 6.76. The van der Waals surface area contributed by atoms with Crippen molar-refractivity contribution < 1.29 is 4.92 Å². The number of nitrogen functional groups attached to an aromatic ring is 1. The minimum Gasteiger partial charge on any atom is -0.393 e. The molecule has 0 spiro atoms. The minimum atomic E-state index is -0.453. The Morgan fingerprint density at radius 2 is 2.10 bits per heavy atom. The van der Waals surface area contributed by atoms with Crippen LogP contribution in [0.4, 0.5) is 11.4 Å². The second-order valence-corrected chi connectivity index (χ2v) is 6.26. The molecule has 0 atom stereocenters. The van der Waals surface area contributed by atoms with Crippen LogP contribution in [0.2, 0.25) is 0 Å². The second kappa shape index (κ2) is 6.69. The van der Waals surface area contributed by atoms with Crippen LogP contribution in [0.15, 0.2) is 35.7 Å². The third-order valence-electron chi connectivity index (χ3n) is 3.34. The lowest BCUT2D eigenvalue weighted by atomic mass is 10.1. The molecule has 0 amide bonds. The van der Waals surface area contributed by atoms with E-state index in [2.05, 4.69) is 30.2 Å². The number of benzene rings is 1. The number of nitro benzene ring substituents is 1. The van der Waals surface area contributed by atoms with E-state index < -0.39 is 4.92 Å². The van der Waals surface area contributed by atoms with Gasteiger partial charge in [0, 0.05) is 30.1 Å². The van der Waals surface area contributed by atoms with Gasteiger partial charge in [-0.15, -0.1) is 11.3 Å². The first-order valence-corrected chi connectivity index (χ1v) is 7.64. The molecule has 1 heterocycles. The van der Waals surface area contributed by atoms with Crippen molar-refractivity contribution in [3.8, 4) is 0 Å². The summed E-state index contributed by atoms with van der Waals surface area (Å²) >= 11 is 1.73. The summed E-state index contributed by atoms with van der Waals surface area (Å²) in [7, 11) is 0. The zero-order chi connectivity index (χ0) is 15.4. The third kappa shape index (κ3) is 4.03. The summed E-state index contributed by atoms with van der Waals surface area (Å²) in [5.41, 5.74) is 6.93. The highest BCUT2D eigenvalue weighted by atomic mass is 32.1. The lowest BCUT2D eigenvalue weighted by Crippen LogP contribution is -2.29. The first kappa shape index (κ1) is 15.5. The van der Waals surface area contributed by atoms with E-state index in [9.17, 15) is 10.1 Å². The molecule has 0 aliphatic heterocycles. The molecular formula is C15H19N3O2S. The number of hydrogen-bond acceptors (Lipinski definition) is 5. The summed E-state index contributed by atoms with van der Waals surface area (Å²) in [5, 5.41) is 12.9. The maximum atomic E-state index is 10.8. The zero-order valence-corrected chi connectivity index (χ0v) is 13.0. The number of nitrogens with two attached hydrogens (primary N) is 1. The van der Waals surface area contributed by atoms with Crippen LogP contribution in [-0.4, -0.2) is 15.9 Å². The van der Waals surface area contributed by atoms with Gasteiger partial charge in [0.2, 0.25) is 0 Å². The quantitative estimate of drug-likeness (QED) is 0.502. The van der Waals surface area contributed by atoms with Crippen LogP contribution < -0.4 is 5.73 Å². The highest BCUT2D eigenvalue weighted by Crippen LogP contribution is 2.24. The van der Waals surface area contributed by atoms with Gasteiger partial charge in [0.1, 0.15) is 5.69 Å². The summed E-state index contributed by atoms with van der Waals surface area (Å²) in [5.74, 6) is 0. The van der Waals surface area contributed by atoms with Gasteiger partial charge in [0.05, 0.1) is 4.92 Å². The van der Waals surface area contributed by atoms with E-state index in [1.54, 1.807) is 23.5 Å². The average Bonchev–Trinajstić information content (AvgIpc) is 2.90. The first-order chi connectivity index (χ1) is 9.97. The number of nitro groups is 1. The van der Waals surface area contributed by atoms with Gasteiger partial charge in [-0.05, 0) is 36.9 Å². The van der Waals surface area contributed by atoms with Crippen molar-refractivity contribution in [3.63, 3.8) is 0 Å². The van der Waals surface area contributed by atoms with Gasteiger partial charge in [-0.2, -0.15) is 0 Å². The molecule has 6 heteroatoms. The zero-order valence-electron chi connectivity index (χ0n) is 12.2. The normalized spacial score (nSPS) is 11.2. The van der Waals surface area contributed by atoms with Crippen LogP contribution >= 0.6 is 11.3 Å². The van der Waals surface area contributed by atoms with Crippen molar-refractivity contribution in [2.45, 2.75) is 33.0 Å². The van der Waals surface area contributed by atoms with E-state index in [1.165, 1.54) is 10.9 Å². The minimum absolute atomic E-state index is 0.0342. The summed E-state index contributed by atoms with van der Waals surface area (Å²) in [6.45, 7) is 5.87. The molecule has 1 aromatic heterocycles. The van der Waals surface area contributed by atoms with Crippen LogP contribution in [0.25, 0.3) is 0 Å². The second-order valence-electron chi connectivity index (χ2n) is 5.23. The largest absolute Gasteiger partial charge is 0.393 e. The fourth-order valence-corrected chi connectivity index (χ4v) is 2.86. The Bertz CT molecular complexity index is 611. The van der Waals surface area contributed by atoms with Gasteiger partial charge in [-0.3, -0.25) is 15.0 Å². The Morgan fingerprint density at radius 1 is 1.33 bits per heavy atom. The van der Waals surface area contributed by atoms with Crippen LogP contribution in [0.1, 0.15) is 24.3 Å². The molecule has 0 aliphatic carbocycles. The predicted molar refractivity (Wildman–Crippen MR) is 86.2 cm³/mol.